The molecule has 0 atom stereocenters. The number of hydrogen-bond acceptors (Lipinski definition) is 9. The zero-order valence-electron chi connectivity index (χ0n) is 16.4. The van der Waals surface area contributed by atoms with Gasteiger partial charge >= 0.3 is 5.82 Å². The van der Waals surface area contributed by atoms with Gasteiger partial charge in [-0.15, -0.1) is 11.3 Å². The summed E-state index contributed by atoms with van der Waals surface area (Å²) in [4.78, 5) is 30.8. The van der Waals surface area contributed by atoms with Crippen LogP contribution < -0.4 is 19.5 Å². The third kappa shape index (κ3) is 4.81. The second-order valence-corrected chi connectivity index (χ2v) is 6.83. The molecule has 0 radical (unpaired) electrons. The van der Waals surface area contributed by atoms with Crippen molar-refractivity contribution in [3.63, 3.8) is 0 Å². The fourth-order valence-corrected chi connectivity index (χ4v) is 3.26. The van der Waals surface area contributed by atoms with Crippen molar-refractivity contribution in [2.75, 3.05) is 26.1 Å². The van der Waals surface area contributed by atoms with Gasteiger partial charge in [-0.05, 0) is 34.2 Å². The van der Waals surface area contributed by atoms with Gasteiger partial charge < -0.3 is 24.3 Å². The lowest BCUT2D eigenvalue weighted by molar-refractivity contribution is -0.390. The highest BCUT2D eigenvalue weighted by Crippen LogP contribution is 2.34. The first-order valence-electron chi connectivity index (χ1n) is 8.64. The smallest absolute Gasteiger partial charge is 0.406 e. The molecule has 1 aromatic carbocycles. The van der Waals surface area contributed by atoms with Crippen molar-refractivity contribution in [1.29, 1.82) is 0 Å². The summed E-state index contributed by atoms with van der Waals surface area (Å²) in [5.41, 5.74) is 1.84. The molecule has 10 nitrogen and oxygen atoms in total. The second kappa shape index (κ2) is 9.18. The SMILES string of the molecule is COc1ccc(-c2csc(NC(=O)COc3ccc(C)nc3[N+](=O)[O-])n2)c(OC)c1. The summed E-state index contributed by atoms with van der Waals surface area (Å²) in [5.74, 6) is 0.207. The van der Waals surface area contributed by atoms with Crippen molar-refractivity contribution in [2.45, 2.75) is 6.92 Å². The number of methoxy groups -OCH3 is 2. The maximum Gasteiger partial charge on any atom is 0.406 e. The highest BCUT2D eigenvalue weighted by Gasteiger charge is 2.19. The van der Waals surface area contributed by atoms with Gasteiger partial charge in [-0.25, -0.2) is 4.98 Å². The van der Waals surface area contributed by atoms with Crippen LogP contribution in [0.5, 0.6) is 17.2 Å². The van der Waals surface area contributed by atoms with E-state index in [1.165, 1.54) is 17.4 Å². The fraction of sp³-hybridized carbons (Fsp3) is 0.211. The molecule has 11 heteroatoms. The Balaban J connectivity index is 1.67. The Morgan fingerprint density at radius 2 is 1.97 bits per heavy atom. The van der Waals surface area contributed by atoms with E-state index in [2.05, 4.69) is 15.3 Å². The van der Waals surface area contributed by atoms with Crippen LogP contribution in [-0.2, 0) is 4.79 Å². The van der Waals surface area contributed by atoms with Crippen molar-refractivity contribution in [3.8, 4) is 28.5 Å². The molecule has 156 valence electrons. The molecule has 1 N–H and O–H groups in total. The van der Waals surface area contributed by atoms with Crippen LogP contribution in [0, 0.1) is 17.0 Å². The normalized spacial score (nSPS) is 10.4. The molecular formula is C19H18N4O6S. The predicted molar refractivity (Wildman–Crippen MR) is 110 cm³/mol. The van der Waals surface area contributed by atoms with E-state index in [1.54, 1.807) is 44.7 Å². The monoisotopic (exact) mass is 430 g/mol. The second-order valence-electron chi connectivity index (χ2n) is 5.97. The summed E-state index contributed by atoms with van der Waals surface area (Å²) >= 11 is 1.23. The molecule has 0 saturated heterocycles. The summed E-state index contributed by atoms with van der Waals surface area (Å²) in [7, 11) is 3.11. The van der Waals surface area contributed by atoms with E-state index < -0.39 is 23.3 Å². The molecule has 0 unspecified atom stereocenters. The molecule has 0 saturated carbocycles. The summed E-state index contributed by atoms with van der Waals surface area (Å²) in [5, 5.41) is 15.8. The minimum atomic E-state index is -0.657. The fourth-order valence-electron chi connectivity index (χ4n) is 2.54. The van der Waals surface area contributed by atoms with Crippen LogP contribution in [0.2, 0.25) is 0 Å². The molecule has 3 aromatic rings. The number of pyridine rings is 1. The zero-order valence-corrected chi connectivity index (χ0v) is 17.2. The molecular weight excluding hydrogens is 412 g/mol. The number of amides is 1. The number of rotatable bonds is 8. The Bertz CT molecular complexity index is 1080. The van der Waals surface area contributed by atoms with Crippen LogP contribution in [0.3, 0.4) is 0 Å². The lowest BCUT2D eigenvalue weighted by Gasteiger charge is -2.08. The number of carbonyl (C=O) groups is 1. The molecule has 0 fully saturated rings. The van der Waals surface area contributed by atoms with Crippen molar-refractivity contribution < 1.29 is 23.9 Å². The molecule has 0 spiro atoms. The Hall–Kier alpha value is -3.73. The lowest BCUT2D eigenvalue weighted by atomic mass is 10.1. The maximum atomic E-state index is 12.2. The minimum absolute atomic E-state index is 0.0800. The largest absolute Gasteiger partial charge is 0.497 e. The van der Waals surface area contributed by atoms with E-state index in [-0.39, 0.29) is 5.75 Å². The van der Waals surface area contributed by atoms with Gasteiger partial charge in [-0.1, -0.05) is 0 Å². The first-order valence-corrected chi connectivity index (χ1v) is 9.52. The number of hydrogen-bond donors (Lipinski definition) is 1. The van der Waals surface area contributed by atoms with Gasteiger partial charge in [0.2, 0.25) is 5.75 Å². The Kier molecular flexibility index (Phi) is 6.42. The van der Waals surface area contributed by atoms with E-state index in [0.29, 0.717) is 28.0 Å². The molecule has 30 heavy (non-hydrogen) atoms. The summed E-state index contributed by atoms with van der Waals surface area (Å²) in [6.45, 7) is 1.20. The van der Waals surface area contributed by atoms with Gasteiger partial charge in [0, 0.05) is 23.9 Å². The minimum Gasteiger partial charge on any atom is -0.497 e. The van der Waals surface area contributed by atoms with Gasteiger partial charge in [0.25, 0.3) is 5.91 Å². The van der Waals surface area contributed by atoms with E-state index in [0.717, 1.165) is 5.56 Å². The molecule has 0 aliphatic carbocycles. The van der Waals surface area contributed by atoms with Crippen molar-refractivity contribution in [1.82, 2.24) is 9.97 Å². The van der Waals surface area contributed by atoms with Crippen LogP contribution >= 0.6 is 11.3 Å². The number of aryl methyl sites for hydroxylation is 1. The molecule has 1 amide bonds. The van der Waals surface area contributed by atoms with Gasteiger partial charge in [-0.2, -0.15) is 0 Å². The van der Waals surface area contributed by atoms with Gasteiger partial charge in [0.1, 0.15) is 17.2 Å². The highest BCUT2D eigenvalue weighted by atomic mass is 32.1. The number of anilines is 1. The summed E-state index contributed by atoms with van der Waals surface area (Å²) in [6.07, 6.45) is 0. The number of thiazole rings is 1. The van der Waals surface area contributed by atoms with Crippen molar-refractivity contribution in [3.05, 3.63) is 51.5 Å². The van der Waals surface area contributed by atoms with E-state index in [1.807, 2.05) is 6.07 Å². The summed E-state index contributed by atoms with van der Waals surface area (Å²) in [6, 6.07) is 8.31. The third-order valence-corrected chi connectivity index (χ3v) is 4.70. The van der Waals surface area contributed by atoms with E-state index in [9.17, 15) is 14.9 Å². The zero-order chi connectivity index (χ0) is 21.7. The standard InChI is InChI=1S/C19H18N4O6S/c1-11-4-7-15(18(20-11)23(25)26)29-9-17(24)22-19-21-14(10-30-19)13-6-5-12(27-2)8-16(13)28-3/h4-8,10H,9H2,1-3H3,(H,21,22,24). The number of nitro groups is 1. The average molecular weight is 430 g/mol. The van der Waals surface area contributed by atoms with Crippen molar-refractivity contribution >= 4 is 28.2 Å². The Morgan fingerprint density at radius 1 is 1.17 bits per heavy atom. The van der Waals surface area contributed by atoms with Gasteiger partial charge in [0.15, 0.2) is 11.7 Å². The van der Waals surface area contributed by atoms with Gasteiger partial charge in [-0.3, -0.25) is 10.1 Å². The first kappa shape index (κ1) is 21.0. The number of nitrogens with zero attached hydrogens (tertiary/aromatic N) is 3. The van der Waals surface area contributed by atoms with Gasteiger partial charge in [0.05, 0.1) is 19.9 Å². The number of aromatic nitrogens is 2. The van der Waals surface area contributed by atoms with Crippen LogP contribution in [0.25, 0.3) is 11.3 Å². The molecule has 0 bridgehead atoms. The summed E-state index contributed by atoms with van der Waals surface area (Å²) < 4.78 is 15.8. The molecule has 0 aliphatic rings. The predicted octanol–water partition coefficient (Wildman–Crippen LogP) is 3.46. The van der Waals surface area contributed by atoms with Crippen LogP contribution in [0.15, 0.2) is 35.7 Å². The highest BCUT2D eigenvalue weighted by molar-refractivity contribution is 7.14. The van der Waals surface area contributed by atoms with Crippen LogP contribution in [0.4, 0.5) is 10.9 Å². The van der Waals surface area contributed by atoms with Crippen molar-refractivity contribution in [2.24, 2.45) is 0 Å². The molecule has 2 aromatic heterocycles. The first-order chi connectivity index (χ1) is 14.4. The number of nitrogens with one attached hydrogen (secondary N) is 1. The quantitative estimate of drug-likeness (QED) is 0.425. The number of ether oxygens (including phenoxy) is 3. The Labute approximate surface area is 175 Å². The Morgan fingerprint density at radius 3 is 2.67 bits per heavy atom. The molecule has 2 heterocycles. The maximum absolute atomic E-state index is 12.2. The number of carbonyl (C=O) groups excluding carboxylic acids is 1. The topological polar surface area (TPSA) is 126 Å². The number of benzene rings is 1. The molecule has 3 rings (SSSR count). The lowest BCUT2D eigenvalue weighted by Crippen LogP contribution is -2.20. The van der Waals surface area contributed by atoms with E-state index in [4.69, 9.17) is 14.2 Å². The average Bonchev–Trinajstić information content (AvgIpc) is 3.20. The van der Waals surface area contributed by atoms with Crippen LogP contribution in [0.1, 0.15) is 5.69 Å². The van der Waals surface area contributed by atoms with E-state index >= 15 is 0 Å². The molecule has 0 aliphatic heterocycles. The third-order valence-electron chi connectivity index (χ3n) is 3.95. The van der Waals surface area contributed by atoms with Crippen LogP contribution in [-0.4, -0.2) is 41.6 Å².